The van der Waals surface area contributed by atoms with E-state index in [2.05, 4.69) is 32.6 Å². The summed E-state index contributed by atoms with van der Waals surface area (Å²) in [6.07, 6.45) is 6.03. The molecule has 1 aliphatic rings. The Labute approximate surface area is 108 Å². The fraction of sp³-hybridized carbons (Fsp3) is 0.364. The molecule has 0 aromatic carbocycles. The van der Waals surface area contributed by atoms with Crippen molar-refractivity contribution in [3.63, 3.8) is 0 Å². The zero-order valence-electron chi connectivity index (χ0n) is 9.14. The summed E-state index contributed by atoms with van der Waals surface area (Å²) >= 11 is 2.14. The van der Waals surface area contributed by atoms with Gasteiger partial charge in [0.1, 0.15) is 0 Å². The molecule has 1 atom stereocenters. The first kappa shape index (κ1) is 11.5. The van der Waals surface area contributed by atoms with Crippen LogP contribution in [-0.4, -0.2) is 21.0 Å². The van der Waals surface area contributed by atoms with E-state index >= 15 is 0 Å². The maximum Gasteiger partial charge on any atom is 0.205 e. The lowest BCUT2D eigenvalue weighted by molar-refractivity contribution is 0.0933. The van der Waals surface area contributed by atoms with E-state index in [4.69, 9.17) is 0 Å². The zero-order chi connectivity index (χ0) is 11.7. The van der Waals surface area contributed by atoms with E-state index < -0.39 is 0 Å². The first-order valence-electron chi connectivity index (χ1n) is 5.01. The number of nitrogens with zero attached hydrogens (tertiary/aromatic N) is 3. The van der Waals surface area contributed by atoms with E-state index in [-0.39, 0.29) is 11.7 Å². The van der Waals surface area contributed by atoms with Crippen molar-refractivity contribution in [2.24, 2.45) is 18.0 Å². The summed E-state index contributed by atoms with van der Waals surface area (Å²) in [6, 6.07) is 0. The number of carbonyl (C=O) groups excluding carboxylic acids is 1. The number of carbonyl (C=O) groups is 1. The van der Waals surface area contributed by atoms with E-state index in [0.717, 1.165) is 9.42 Å². The fourth-order valence-corrected chi connectivity index (χ4v) is 2.59. The molecule has 5 heteroatoms. The molecule has 1 unspecified atom stereocenters. The lowest BCUT2D eigenvalue weighted by Crippen LogP contribution is -2.21. The largest absolute Gasteiger partial charge is 0.332 e. The molecular formula is C11H12IN3O. The molecular weight excluding hydrogens is 317 g/mol. The van der Waals surface area contributed by atoms with Crippen molar-refractivity contribution in [3.8, 4) is 0 Å². The molecule has 16 heavy (non-hydrogen) atoms. The summed E-state index contributed by atoms with van der Waals surface area (Å²) in [5, 5.41) is 0. The van der Waals surface area contributed by atoms with Gasteiger partial charge in [-0.1, -0.05) is 0 Å². The fourth-order valence-electron chi connectivity index (χ4n) is 1.75. The zero-order valence-corrected chi connectivity index (χ0v) is 11.3. The van der Waals surface area contributed by atoms with Gasteiger partial charge >= 0.3 is 0 Å². The summed E-state index contributed by atoms with van der Waals surface area (Å²) < 4.78 is 2.64. The van der Waals surface area contributed by atoms with Gasteiger partial charge in [-0.2, -0.15) is 0 Å². The number of Topliss-reactive ketones (excluding diaryl/α,β-unsaturated/α-hetero) is 1. The quantitative estimate of drug-likeness (QED) is 0.475. The molecule has 0 aliphatic carbocycles. The minimum Gasteiger partial charge on any atom is -0.332 e. The third-order valence-corrected chi connectivity index (χ3v) is 3.13. The smallest absolute Gasteiger partial charge is 0.205 e. The Kier molecular flexibility index (Phi) is 3.22. The number of aromatic nitrogens is 2. The van der Waals surface area contributed by atoms with Crippen LogP contribution in [0.1, 0.15) is 24.0 Å². The predicted molar refractivity (Wildman–Crippen MR) is 70.9 cm³/mol. The van der Waals surface area contributed by atoms with Crippen LogP contribution in [0.15, 0.2) is 27.2 Å². The van der Waals surface area contributed by atoms with Gasteiger partial charge in [0, 0.05) is 25.2 Å². The molecule has 0 saturated carbocycles. The Morgan fingerprint density at radius 1 is 1.62 bits per heavy atom. The number of aryl methyl sites for hydroxylation is 1. The summed E-state index contributed by atoms with van der Waals surface area (Å²) in [4.78, 5) is 20.6. The van der Waals surface area contributed by atoms with Crippen molar-refractivity contribution in [2.75, 3.05) is 0 Å². The van der Waals surface area contributed by atoms with Crippen LogP contribution in [0, 0.1) is 5.92 Å². The standard InChI is InChI=1S/C11H12IN3O/c1-7-5-8(6-9(12)14-7)10(16)11-13-3-4-15(11)2/h3-4,6,8H,5H2,1-2H3. The highest BCUT2D eigenvalue weighted by Crippen LogP contribution is 2.24. The van der Waals surface area contributed by atoms with Gasteiger partial charge < -0.3 is 4.57 Å². The molecule has 0 amide bonds. The highest BCUT2D eigenvalue weighted by Gasteiger charge is 2.24. The van der Waals surface area contributed by atoms with Crippen molar-refractivity contribution in [2.45, 2.75) is 13.3 Å². The molecule has 0 spiro atoms. The topological polar surface area (TPSA) is 47.2 Å². The van der Waals surface area contributed by atoms with Gasteiger partial charge in [-0.3, -0.25) is 9.79 Å². The van der Waals surface area contributed by atoms with Crippen LogP contribution < -0.4 is 0 Å². The Morgan fingerprint density at radius 2 is 2.38 bits per heavy atom. The first-order chi connectivity index (χ1) is 7.58. The Balaban J connectivity index is 2.25. The van der Waals surface area contributed by atoms with Crippen LogP contribution in [0.3, 0.4) is 0 Å². The number of imidazole rings is 1. The van der Waals surface area contributed by atoms with Crippen molar-refractivity contribution in [3.05, 3.63) is 28.0 Å². The van der Waals surface area contributed by atoms with Crippen LogP contribution in [0.25, 0.3) is 0 Å². The SMILES string of the molecule is CC1=NC(I)=CC(C(=O)c2nccn2C)C1. The Hall–Kier alpha value is -0.980. The number of aliphatic imine (C=N–C) groups is 1. The minimum atomic E-state index is -0.120. The first-order valence-corrected chi connectivity index (χ1v) is 6.09. The maximum atomic E-state index is 12.2. The lowest BCUT2D eigenvalue weighted by atomic mass is 9.95. The Morgan fingerprint density at radius 3 is 2.94 bits per heavy atom. The molecule has 2 rings (SSSR count). The molecule has 4 nitrogen and oxygen atoms in total. The van der Waals surface area contributed by atoms with Gasteiger partial charge in [0.05, 0.1) is 9.62 Å². The van der Waals surface area contributed by atoms with Gasteiger partial charge in [0.2, 0.25) is 5.78 Å². The van der Waals surface area contributed by atoms with Crippen LogP contribution in [0.4, 0.5) is 0 Å². The summed E-state index contributed by atoms with van der Waals surface area (Å²) in [5.41, 5.74) is 0.999. The van der Waals surface area contributed by atoms with E-state index in [1.54, 1.807) is 17.0 Å². The van der Waals surface area contributed by atoms with Gasteiger partial charge in [0.25, 0.3) is 0 Å². The van der Waals surface area contributed by atoms with E-state index in [9.17, 15) is 4.79 Å². The molecule has 0 saturated heterocycles. The van der Waals surface area contributed by atoms with Gasteiger partial charge in [-0.15, -0.1) is 0 Å². The van der Waals surface area contributed by atoms with Gasteiger partial charge in [-0.25, -0.2) is 4.98 Å². The number of hydrogen-bond donors (Lipinski definition) is 0. The number of halogens is 1. The normalized spacial score (nSPS) is 20.3. The van der Waals surface area contributed by atoms with Crippen LogP contribution in [0.5, 0.6) is 0 Å². The molecule has 0 N–H and O–H groups in total. The molecule has 1 aliphatic heterocycles. The molecule has 1 aromatic rings. The average molecular weight is 329 g/mol. The number of hydrogen-bond acceptors (Lipinski definition) is 3. The second kappa shape index (κ2) is 4.48. The summed E-state index contributed by atoms with van der Waals surface area (Å²) in [6.45, 7) is 1.95. The molecule has 1 aromatic heterocycles. The highest BCUT2D eigenvalue weighted by atomic mass is 127. The third-order valence-electron chi connectivity index (χ3n) is 2.53. The van der Waals surface area contributed by atoms with E-state index in [0.29, 0.717) is 12.2 Å². The molecule has 0 fully saturated rings. The number of rotatable bonds is 2. The predicted octanol–water partition coefficient (Wildman–Crippen LogP) is 2.36. The summed E-state index contributed by atoms with van der Waals surface area (Å²) in [7, 11) is 1.83. The molecule has 2 heterocycles. The lowest BCUT2D eigenvalue weighted by Gasteiger charge is -2.15. The van der Waals surface area contributed by atoms with Crippen molar-refractivity contribution in [1.29, 1.82) is 0 Å². The average Bonchev–Trinajstić information content (AvgIpc) is 2.62. The van der Waals surface area contributed by atoms with Gasteiger partial charge in [0.15, 0.2) is 5.82 Å². The maximum absolute atomic E-state index is 12.2. The Bertz CT molecular complexity index is 487. The van der Waals surface area contributed by atoms with Crippen molar-refractivity contribution >= 4 is 34.1 Å². The second-order valence-corrected chi connectivity index (χ2v) is 4.98. The van der Waals surface area contributed by atoms with Crippen molar-refractivity contribution < 1.29 is 4.79 Å². The van der Waals surface area contributed by atoms with Crippen LogP contribution in [0.2, 0.25) is 0 Å². The molecule has 0 bridgehead atoms. The molecule has 84 valence electrons. The van der Waals surface area contributed by atoms with Crippen LogP contribution >= 0.6 is 22.6 Å². The van der Waals surface area contributed by atoms with Crippen molar-refractivity contribution in [1.82, 2.24) is 9.55 Å². The second-order valence-electron chi connectivity index (χ2n) is 3.87. The molecule has 0 radical (unpaired) electrons. The monoisotopic (exact) mass is 329 g/mol. The number of allylic oxidation sites excluding steroid dienone is 1. The third kappa shape index (κ3) is 2.23. The van der Waals surface area contributed by atoms with Crippen LogP contribution in [-0.2, 0) is 7.05 Å². The summed E-state index contributed by atoms with van der Waals surface area (Å²) in [5.74, 6) is 0.460. The minimum absolute atomic E-state index is 0.0657. The van der Waals surface area contributed by atoms with E-state index in [1.807, 2.05) is 20.0 Å². The van der Waals surface area contributed by atoms with E-state index in [1.165, 1.54) is 0 Å². The van der Waals surface area contributed by atoms with Gasteiger partial charge in [-0.05, 0) is 42.0 Å². The highest BCUT2D eigenvalue weighted by molar-refractivity contribution is 14.1. The number of ketones is 1.